The molecule has 0 aliphatic heterocycles. The molecule has 0 bridgehead atoms. The van der Waals surface area contributed by atoms with Crippen LogP contribution in [0.5, 0.6) is 11.5 Å². The van der Waals surface area contributed by atoms with Crippen molar-refractivity contribution >= 4 is 17.7 Å². The summed E-state index contributed by atoms with van der Waals surface area (Å²) in [6.07, 6.45) is -1.58. The minimum absolute atomic E-state index is 0.350. The number of carbonyl (C=O) groups excluding carboxylic acids is 1. The van der Waals surface area contributed by atoms with Crippen molar-refractivity contribution in [2.75, 3.05) is 19.0 Å². The van der Waals surface area contributed by atoms with Crippen LogP contribution in [0.25, 0.3) is 6.08 Å². The van der Waals surface area contributed by atoms with Gasteiger partial charge < -0.3 is 14.8 Å². The maximum Gasteiger partial charge on any atom is 0.418 e. The lowest BCUT2D eigenvalue weighted by Gasteiger charge is -2.13. The minimum atomic E-state index is -4.64. The fourth-order valence-corrected chi connectivity index (χ4v) is 2.57. The summed E-state index contributed by atoms with van der Waals surface area (Å²) < 4.78 is 50.3. The summed E-state index contributed by atoms with van der Waals surface area (Å²) in [5.41, 5.74) is -1.30. The van der Waals surface area contributed by atoms with E-state index in [1.807, 2.05) is 6.92 Å². The smallest absolute Gasteiger partial charge is 0.418 e. The largest absolute Gasteiger partial charge is 0.493 e. The average Bonchev–Trinajstić information content (AvgIpc) is 2.72. The molecule has 0 aliphatic rings. The Kier molecular flexibility index (Phi) is 7.87. The summed E-state index contributed by atoms with van der Waals surface area (Å²) in [4.78, 5) is 12.4. The lowest BCUT2D eigenvalue weighted by atomic mass is 10.1. The predicted octanol–water partition coefficient (Wildman–Crippen LogP) is 5.44. The number of nitrogens with zero attached hydrogens (tertiary/aromatic N) is 1. The average molecular weight is 418 g/mol. The van der Waals surface area contributed by atoms with Gasteiger partial charge in [-0.15, -0.1) is 0 Å². The lowest BCUT2D eigenvalue weighted by Crippen LogP contribution is -2.17. The highest BCUT2D eigenvalue weighted by Gasteiger charge is 2.33. The van der Waals surface area contributed by atoms with E-state index in [1.165, 1.54) is 25.3 Å². The molecule has 0 unspecified atom stereocenters. The highest BCUT2D eigenvalue weighted by atomic mass is 19.4. The third-order valence-electron chi connectivity index (χ3n) is 4.10. The van der Waals surface area contributed by atoms with Crippen LogP contribution in [0.1, 0.15) is 30.9 Å². The number of hydrogen-bond acceptors (Lipinski definition) is 4. The van der Waals surface area contributed by atoms with E-state index in [0.29, 0.717) is 23.7 Å². The van der Waals surface area contributed by atoms with Crippen LogP contribution in [0.3, 0.4) is 0 Å². The molecule has 30 heavy (non-hydrogen) atoms. The Bertz CT molecular complexity index is 963. The summed E-state index contributed by atoms with van der Waals surface area (Å²) in [6.45, 7) is 2.49. The highest BCUT2D eigenvalue weighted by molar-refractivity contribution is 6.10. The van der Waals surface area contributed by atoms with Gasteiger partial charge in [0.1, 0.15) is 11.6 Å². The summed E-state index contributed by atoms with van der Waals surface area (Å²) in [7, 11) is 1.49. The normalized spacial score (nSPS) is 11.5. The Hall–Kier alpha value is -3.47. The molecule has 1 amide bonds. The molecule has 0 heterocycles. The predicted molar refractivity (Wildman–Crippen MR) is 107 cm³/mol. The molecular formula is C22H21F3N2O3. The van der Waals surface area contributed by atoms with E-state index < -0.39 is 23.3 Å². The van der Waals surface area contributed by atoms with Crippen molar-refractivity contribution < 1.29 is 27.4 Å². The van der Waals surface area contributed by atoms with Gasteiger partial charge in [-0.3, -0.25) is 4.79 Å². The van der Waals surface area contributed by atoms with Crippen molar-refractivity contribution in [3.63, 3.8) is 0 Å². The van der Waals surface area contributed by atoms with Crippen molar-refractivity contribution in [3.05, 3.63) is 59.2 Å². The van der Waals surface area contributed by atoms with Gasteiger partial charge in [0.15, 0.2) is 11.5 Å². The van der Waals surface area contributed by atoms with Crippen LogP contribution >= 0.6 is 0 Å². The summed E-state index contributed by atoms with van der Waals surface area (Å²) in [6, 6.07) is 11.1. The van der Waals surface area contributed by atoms with Crippen LogP contribution in [-0.2, 0) is 11.0 Å². The van der Waals surface area contributed by atoms with E-state index in [1.54, 1.807) is 24.3 Å². The Labute approximate surface area is 172 Å². The molecule has 0 fully saturated rings. The standard InChI is InChI=1S/C22H21F3N2O3/c1-3-4-11-30-20-13-15(9-10-19(20)29-2)12-16(14-26)21(28)27-18-8-6-5-7-17(18)22(23,24)25/h5-10,12-13H,3-4,11H2,1-2H3,(H,27,28)/b16-12+. The summed E-state index contributed by atoms with van der Waals surface area (Å²) in [5.74, 6) is -0.0106. The van der Waals surface area contributed by atoms with Crippen molar-refractivity contribution in [1.29, 1.82) is 5.26 Å². The second-order valence-electron chi connectivity index (χ2n) is 6.28. The first-order valence-electron chi connectivity index (χ1n) is 9.20. The fraction of sp³-hybridized carbons (Fsp3) is 0.273. The van der Waals surface area contributed by atoms with E-state index >= 15 is 0 Å². The number of unbranched alkanes of at least 4 members (excludes halogenated alkanes) is 1. The number of anilines is 1. The van der Waals surface area contributed by atoms with E-state index in [4.69, 9.17) is 9.47 Å². The van der Waals surface area contributed by atoms with Crippen LogP contribution in [0.15, 0.2) is 48.0 Å². The maximum absolute atomic E-state index is 13.1. The number of alkyl halides is 3. The fourth-order valence-electron chi connectivity index (χ4n) is 2.57. The number of nitrogens with one attached hydrogen (secondary N) is 1. The third-order valence-corrected chi connectivity index (χ3v) is 4.10. The molecule has 0 saturated heterocycles. The van der Waals surface area contributed by atoms with Crippen molar-refractivity contribution in [2.45, 2.75) is 25.9 Å². The van der Waals surface area contributed by atoms with E-state index in [-0.39, 0.29) is 5.57 Å². The quantitative estimate of drug-likeness (QED) is 0.352. The number of amides is 1. The van der Waals surface area contributed by atoms with Crippen molar-refractivity contribution in [1.82, 2.24) is 0 Å². The van der Waals surface area contributed by atoms with Gasteiger partial charge in [0.25, 0.3) is 5.91 Å². The van der Waals surface area contributed by atoms with Gasteiger partial charge in [-0.1, -0.05) is 31.5 Å². The lowest BCUT2D eigenvalue weighted by molar-refractivity contribution is -0.137. The maximum atomic E-state index is 13.1. The number of hydrogen-bond donors (Lipinski definition) is 1. The number of para-hydroxylation sites is 1. The van der Waals surface area contributed by atoms with Gasteiger partial charge in [0, 0.05) is 0 Å². The van der Waals surface area contributed by atoms with Gasteiger partial charge >= 0.3 is 6.18 Å². The molecule has 8 heteroatoms. The molecular weight excluding hydrogens is 397 g/mol. The van der Waals surface area contributed by atoms with Gasteiger partial charge in [0.05, 0.1) is 25.0 Å². The third kappa shape index (κ3) is 6.01. The summed E-state index contributed by atoms with van der Waals surface area (Å²) >= 11 is 0. The number of methoxy groups -OCH3 is 1. The van der Waals surface area contributed by atoms with Gasteiger partial charge in [-0.05, 0) is 42.3 Å². The SMILES string of the molecule is CCCCOc1cc(/C=C(\C#N)C(=O)Nc2ccccc2C(F)(F)F)ccc1OC. The highest BCUT2D eigenvalue weighted by Crippen LogP contribution is 2.35. The van der Waals surface area contributed by atoms with Crippen LogP contribution in [0, 0.1) is 11.3 Å². The van der Waals surface area contributed by atoms with Gasteiger partial charge in [0.2, 0.25) is 0 Å². The van der Waals surface area contributed by atoms with Crippen LogP contribution in [0.4, 0.5) is 18.9 Å². The number of rotatable bonds is 8. The van der Waals surface area contributed by atoms with Crippen LogP contribution in [0.2, 0.25) is 0 Å². The minimum Gasteiger partial charge on any atom is -0.493 e. The molecule has 0 spiro atoms. The number of halogens is 3. The Morgan fingerprint density at radius 2 is 1.93 bits per heavy atom. The topological polar surface area (TPSA) is 71.3 Å². The van der Waals surface area contributed by atoms with E-state index in [9.17, 15) is 23.2 Å². The Morgan fingerprint density at radius 3 is 2.57 bits per heavy atom. The monoisotopic (exact) mass is 418 g/mol. The second kappa shape index (κ2) is 10.3. The van der Waals surface area contributed by atoms with Crippen molar-refractivity contribution in [2.24, 2.45) is 0 Å². The molecule has 2 aromatic rings. The number of ether oxygens (including phenoxy) is 2. The first kappa shape index (κ1) is 22.8. The Morgan fingerprint density at radius 1 is 1.20 bits per heavy atom. The molecule has 2 aromatic carbocycles. The Balaban J connectivity index is 2.29. The molecule has 0 atom stereocenters. The number of nitriles is 1. The molecule has 0 aliphatic carbocycles. The first-order valence-corrected chi connectivity index (χ1v) is 9.20. The number of benzene rings is 2. The molecule has 1 N–H and O–H groups in total. The van der Waals surface area contributed by atoms with Gasteiger partial charge in [-0.2, -0.15) is 18.4 Å². The van der Waals surface area contributed by atoms with Crippen LogP contribution < -0.4 is 14.8 Å². The molecule has 2 rings (SSSR count). The molecule has 5 nitrogen and oxygen atoms in total. The molecule has 0 saturated carbocycles. The summed E-state index contributed by atoms with van der Waals surface area (Å²) in [5, 5.41) is 11.5. The molecule has 158 valence electrons. The zero-order chi connectivity index (χ0) is 22.1. The molecule has 0 aromatic heterocycles. The zero-order valence-corrected chi connectivity index (χ0v) is 16.5. The molecule has 0 radical (unpaired) electrons. The zero-order valence-electron chi connectivity index (χ0n) is 16.5. The van der Waals surface area contributed by atoms with E-state index in [0.717, 1.165) is 25.0 Å². The van der Waals surface area contributed by atoms with Crippen molar-refractivity contribution in [3.8, 4) is 17.6 Å². The first-order chi connectivity index (χ1) is 14.3. The van der Waals surface area contributed by atoms with Gasteiger partial charge in [-0.25, -0.2) is 0 Å². The number of carbonyl (C=O) groups is 1. The second-order valence-corrected chi connectivity index (χ2v) is 6.28. The van der Waals surface area contributed by atoms with E-state index in [2.05, 4.69) is 5.32 Å². The van der Waals surface area contributed by atoms with Crippen LogP contribution in [-0.4, -0.2) is 19.6 Å².